The van der Waals surface area contributed by atoms with E-state index < -0.39 is 0 Å². The van der Waals surface area contributed by atoms with E-state index in [0.29, 0.717) is 22.7 Å². The fourth-order valence-corrected chi connectivity index (χ4v) is 3.47. The number of hydrogen-bond donors (Lipinski definition) is 0. The predicted molar refractivity (Wildman–Crippen MR) is 112 cm³/mol. The molecular formula is C23H17FN6. The lowest BCUT2D eigenvalue weighted by atomic mass is 10.1. The molecule has 0 spiro atoms. The van der Waals surface area contributed by atoms with Gasteiger partial charge in [0.25, 0.3) is 0 Å². The molecule has 0 aliphatic rings. The van der Waals surface area contributed by atoms with Gasteiger partial charge in [-0.1, -0.05) is 18.2 Å². The first-order valence-electron chi connectivity index (χ1n) is 9.50. The minimum Gasteiger partial charge on any atom is -0.265 e. The second kappa shape index (κ2) is 7.44. The second-order valence-electron chi connectivity index (χ2n) is 6.90. The van der Waals surface area contributed by atoms with E-state index in [4.69, 9.17) is 10.1 Å². The van der Waals surface area contributed by atoms with Crippen LogP contribution in [0.2, 0.25) is 0 Å². The van der Waals surface area contributed by atoms with Crippen molar-refractivity contribution in [3.63, 3.8) is 0 Å². The summed E-state index contributed by atoms with van der Waals surface area (Å²) in [5, 5.41) is 5.52. The van der Waals surface area contributed by atoms with E-state index in [2.05, 4.69) is 15.0 Å². The standard InChI is InChI=1S/C23H17FN6/c1-15-19(16-8-11-25-12-9-16)13-27-22(28-15)21-18-6-4-10-26-23(18)30(29-21)14-17-5-2-3-7-20(17)24/h2-13H,14H2,1H3. The Morgan fingerprint density at radius 3 is 2.57 bits per heavy atom. The summed E-state index contributed by atoms with van der Waals surface area (Å²) in [5.41, 5.74) is 4.62. The van der Waals surface area contributed by atoms with Crippen molar-refractivity contribution < 1.29 is 4.39 Å². The lowest BCUT2D eigenvalue weighted by Crippen LogP contribution is -2.05. The molecule has 5 rings (SSSR count). The van der Waals surface area contributed by atoms with Crippen LogP contribution in [0.3, 0.4) is 0 Å². The maximum atomic E-state index is 14.2. The fraction of sp³-hybridized carbons (Fsp3) is 0.0870. The van der Waals surface area contributed by atoms with Gasteiger partial charge in [-0.15, -0.1) is 0 Å². The zero-order valence-electron chi connectivity index (χ0n) is 16.2. The highest BCUT2D eigenvalue weighted by atomic mass is 19.1. The minimum atomic E-state index is -0.271. The number of benzene rings is 1. The number of fused-ring (bicyclic) bond motifs is 1. The molecular weight excluding hydrogens is 379 g/mol. The molecule has 0 aliphatic heterocycles. The Morgan fingerprint density at radius 2 is 1.77 bits per heavy atom. The molecule has 4 heterocycles. The van der Waals surface area contributed by atoms with Crippen molar-refractivity contribution in [3.05, 3.63) is 90.4 Å². The van der Waals surface area contributed by atoms with E-state index in [1.807, 2.05) is 37.3 Å². The van der Waals surface area contributed by atoms with Gasteiger partial charge < -0.3 is 0 Å². The van der Waals surface area contributed by atoms with Crippen molar-refractivity contribution >= 4 is 11.0 Å². The van der Waals surface area contributed by atoms with Gasteiger partial charge in [-0.2, -0.15) is 5.10 Å². The SMILES string of the molecule is Cc1nc(-c2nn(Cc3ccccc3F)c3ncccc23)ncc1-c1ccncc1. The summed E-state index contributed by atoms with van der Waals surface area (Å²) < 4.78 is 15.9. The predicted octanol–water partition coefficient (Wildman–Crippen LogP) is 4.45. The summed E-state index contributed by atoms with van der Waals surface area (Å²) in [5.74, 6) is 0.239. The number of nitrogens with zero attached hydrogens (tertiary/aromatic N) is 6. The van der Waals surface area contributed by atoms with Gasteiger partial charge in [0.05, 0.1) is 11.9 Å². The van der Waals surface area contributed by atoms with Gasteiger partial charge in [0.1, 0.15) is 11.5 Å². The van der Waals surface area contributed by atoms with Crippen LogP contribution in [0.4, 0.5) is 4.39 Å². The van der Waals surface area contributed by atoms with Crippen LogP contribution in [0.1, 0.15) is 11.3 Å². The molecule has 0 amide bonds. The molecule has 0 saturated heterocycles. The zero-order valence-corrected chi connectivity index (χ0v) is 16.2. The summed E-state index contributed by atoms with van der Waals surface area (Å²) in [6.07, 6.45) is 6.98. The molecule has 5 aromatic rings. The molecule has 0 unspecified atom stereocenters. The van der Waals surface area contributed by atoms with Crippen LogP contribution in [-0.4, -0.2) is 29.7 Å². The average molecular weight is 396 g/mol. The highest BCUT2D eigenvalue weighted by molar-refractivity contribution is 5.89. The number of aryl methyl sites for hydroxylation is 1. The Hall–Kier alpha value is -4.00. The minimum absolute atomic E-state index is 0.271. The first-order chi connectivity index (χ1) is 14.7. The molecule has 0 fully saturated rings. The molecule has 0 N–H and O–H groups in total. The average Bonchev–Trinajstić information content (AvgIpc) is 3.14. The number of hydrogen-bond acceptors (Lipinski definition) is 5. The Bertz CT molecular complexity index is 1350. The van der Waals surface area contributed by atoms with Crippen molar-refractivity contribution in [3.8, 4) is 22.6 Å². The van der Waals surface area contributed by atoms with E-state index in [1.54, 1.807) is 41.6 Å². The van der Waals surface area contributed by atoms with Gasteiger partial charge in [-0.05, 0) is 42.8 Å². The van der Waals surface area contributed by atoms with Gasteiger partial charge in [0, 0.05) is 41.6 Å². The van der Waals surface area contributed by atoms with Crippen LogP contribution in [0.25, 0.3) is 33.7 Å². The Kier molecular flexibility index (Phi) is 4.48. The molecule has 6 nitrogen and oxygen atoms in total. The van der Waals surface area contributed by atoms with E-state index in [9.17, 15) is 4.39 Å². The molecule has 0 atom stereocenters. The lowest BCUT2D eigenvalue weighted by molar-refractivity contribution is 0.589. The van der Waals surface area contributed by atoms with Gasteiger partial charge in [0.2, 0.25) is 0 Å². The monoisotopic (exact) mass is 396 g/mol. The second-order valence-corrected chi connectivity index (χ2v) is 6.90. The highest BCUT2D eigenvalue weighted by Crippen LogP contribution is 2.27. The molecule has 30 heavy (non-hydrogen) atoms. The molecule has 0 saturated carbocycles. The summed E-state index contributed by atoms with van der Waals surface area (Å²) in [7, 11) is 0. The van der Waals surface area contributed by atoms with E-state index in [1.165, 1.54) is 6.07 Å². The summed E-state index contributed by atoms with van der Waals surface area (Å²) in [6.45, 7) is 2.21. The topological polar surface area (TPSA) is 69.4 Å². The molecule has 4 aromatic heterocycles. The van der Waals surface area contributed by atoms with Gasteiger partial charge in [-0.25, -0.2) is 24.0 Å². The number of rotatable bonds is 4. The first kappa shape index (κ1) is 18.1. The summed E-state index contributed by atoms with van der Waals surface area (Å²) in [6, 6.07) is 14.3. The van der Waals surface area contributed by atoms with E-state index in [-0.39, 0.29) is 12.4 Å². The third-order valence-electron chi connectivity index (χ3n) is 4.97. The van der Waals surface area contributed by atoms with Crippen LogP contribution in [0.5, 0.6) is 0 Å². The third kappa shape index (κ3) is 3.20. The van der Waals surface area contributed by atoms with Crippen LogP contribution < -0.4 is 0 Å². The van der Waals surface area contributed by atoms with E-state index >= 15 is 0 Å². The summed E-state index contributed by atoms with van der Waals surface area (Å²) >= 11 is 0. The van der Waals surface area contributed by atoms with Crippen molar-refractivity contribution in [2.75, 3.05) is 0 Å². The maximum absolute atomic E-state index is 14.2. The molecule has 1 aromatic carbocycles. The largest absolute Gasteiger partial charge is 0.265 e. The maximum Gasteiger partial charge on any atom is 0.181 e. The Morgan fingerprint density at radius 1 is 0.933 bits per heavy atom. The number of pyridine rings is 2. The van der Waals surface area contributed by atoms with Crippen LogP contribution in [0, 0.1) is 12.7 Å². The summed E-state index contributed by atoms with van der Waals surface area (Å²) in [4.78, 5) is 17.8. The van der Waals surface area contributed by atoms with Crippen LogP contribution in [0.15, 0.2) is 73.3 Å². The lowest BCUT2D eigenvalue weighted by Gasteiger charge is -2.06. The number of aromatic nitrogens is 6. The molecule has 0 radical (unpaired) electrons. The van der Waals surface area contributed by atoms with Crippen LogP contribution >= 0.6 is 0 Å². The Labute approximate surface area is 172 Å². The van der Waals surface area contributed by atoms with Crippen molar-refractivity contribution in [1.82, 2.24) is 29.7 Å². The zero-order chi connectivity index (χ0) is 20.5. The molecule has 146 valence electrons. The Balaban J connectivity index is 1.60. The van der Waals surface area contributed by atoms with Gasteiger partial charge in [0.15, 0.2) is 11.5 Å². The van der Waals surface area contributed by atoms with Crippen molar-refractivity contribution in [2.45, 2.75) is 13.5 Å². The molecule has 0 aliphatic carbocycles. The fourth-order valence-electron chi connectivity index (χ4n) is 3.47. The number of halogens is 1. The highest BCUT2D eigenvalue weighted by Gasteiger charge is 2.17. The van der Waals surface area contributed by atoms with Crippen molar-refractivity contribution in [1.29, 1.82) is 0 Å². The van der Waals surface area contributed by atoms with Crippen molar-refractivity contribution in [2.24, 2.45) is 0 Å². The first-order valence-corrected chi connectivity index (χ1v) is 9.50. The van der Waals surface area contributed by atoms with Gasteiger partial charge >= 0.3 is 0 Å². The molecule has 0 bridgehead atoms. The smallest absolute Gasteiger partial charge is 0.181 e. The van der Waals surface area contributed by atoms with E-state index in [0.717, 1.165) is 22.2 Å². The van der Waals surface area contributed by atoms with Gasteiger partial charge in [-0.3, -0.25) is 4.98 Å². The normalized spacial score (nSPS) is 11.1. The molecule has 7 heteroatoms. The third-order valence-corrected chi connectivity index (χ3v) is 4.97. The quantitative estimate of drug-likeness (QED) is 0.449. The van der Waals surface area contributed by atoms with Crippen LogP contribution in [-0.2, 0) is 6.54 Å².